The molecule has 1 nitrogen and oxygen atoms in total. The van der Waals surface area contributed by atoms with Gasteiger partial charge in [0, 0.05) is 0 Å². The summed E-state index contributed by atoms with van der Waals surface area (Å²) >= 11 is 0. The van der Waals surface area contributed by atoms with E-state index in [1.165, 1.54) is 38.5 Å². The summed E-state index contributed by atoms with van der Waals surface area (Å²) in [5, 5.41) is 0. The lowest BCUT2D eigenvalue weighted by molar-refractivity contribution is 0.0345. The summed E-state index contributed by atoms with van der Waals surface area (Å²) in [5.74, 6) is 2.37. The van der Waals surface area contributed by atoms with E-state index in [9.17, 15) is 0 Å². The van der Waals surface area contributed by atoms with Crippen LogP contribution in [0.5, 0.6) is 0 Å². The van der Waals surface area contributed by atoms with Crippen molar-refractivity contribution in [1.29, 1.82) is 0 Å². The highest BCUT2D eigenvalue weighted by molar-refractivity contribution is 5.98. The van der Waals surface area contributed by atoms with Crippen LogP contribution < -0.4 is 0 Å². The molecule has 0 aliphatic heterocycles. The molecule has 0 aromatic carbocycles. The van der Waals surface area contributed by atoms with Crippen LogP contribution in [0.25, 0.3) is 0 Å². The third-order valence-corrected chi connectivity index (χ3v) is 4.83. The molecule has 0 fully saturated rings. The van der Waals surface area contributed by atoms with Gasteiger partial charge in [-0.1, -0.05) is 41.5 Å². The lowest BCUT2D eigenvalue weighted by atomic mass is 9.82. The minimum Gasteiger partial charge on any atom is -0.422 e. The van der Waals surface area contributed by atoms with Crippen LogP contribution in [0.3, 0.4) is 0 Å². The third kappa shape index (κ3) is 8.31. The molecule has 0 aliphatic rings. The molecule has 0 spiro atoms. The molecular formula is C16H36OSi. The molecule has 0 saturated carbocycles. The van der Waals surface area contributed by atoms with Gasteiger partial charge in [-0.25, -0.2) is 0 Å². The highest BCUT2D eigenvalue weighted by Gasteiger charge is 2.28. The molecule has 0 aromatic rings. The van der Waals surface area contributed by atoms with Gasteiger partial charge in [-0.3, -0.25) is 0 Å². The van der Waals surface area contributed by atoms with E-state index in [2.05, 4.69) is 41.5 Å². The quantitative estimate of drug-likeness (QED) is 0.538. The van der Waals surface area contributed by atoms with Gasteiger partial charge in [-0.15, -0.1) is 0 Å². The molecule has 0 aliphatic carbocycles. The average Bonchev–Trinajstić information content (AvgIpc) is 2.28. The maximum absolute atomic E-state index is 6.13. The van der Waals surface area contributed by atoms with E-state index < -0.39 is 0 Å². The molecule has 0 unspecified atom stereocenters. The Morgan fingerprint density at radius 3 is 1.17 bits per heavy atom. The van der Waals surface area contributed by atoms with Crippen LogP contribution in [-0.4, -0.2) is 16.1 Å². The Labute approximate surface area is 119 Å². The van der Waals surface area contributed by atoms with Gasteiger partial charge in [0.1, 0.15) is 10.5 Å². The van der Waals surface area contributed by atoms with Gasteiger partial charge in [0.15, 0.2) is 0 Å². The normalized spacial score (nSPS) is 13.2. The molecule has 0 bridgehead atoms. The Hall–Kier alpha value is 0.177. The first-order valence-corrected chi connectivity index (χ1v) is 8.68. The summed E-state index contributed by atoms with van der Waals surface area (Å²) in [6.07, 6.45) is 7.68. The fourth-order valence-electron chi connectivity index (χ4n) is 2.34. The Bertz CT molecular complexity index is 168. The third-order valence-electron chi connectivity index (χ3n) is 3.96. The summed E-state index contributed by atoms with van der Waals surface area (Å²) < 4.78 is 6.13. The second-order valence-corrected chi connectivity index (χ2v) is 7.59. The fraction of sp³-hybridized carbons (Fsp3) is 1.00. The molecule has 0 rings (SSSR count). The fourth-order valence-corrected chi connectivity index (χ4v) is 2.95. The van der Waals surface area contributed by atoms with Gasteiger partial charge in [-0.05, 0) is 56.3 Å². The molecule has 0 heterocycles. The van der Waals surface area contributed by atoms with E-state index >= 15 is 0 Å². The maximum atomic E-state index is 6.13. The molecule has 2 heteroatoms. The first-order valence-electron chi connectivity index (χ1n) is 7.86. The van der Waals surface area contributed by atoms with E-state index in [-0.39, 0.29) is 5.60 Å². The van der Waals surface area contributed by atoms with E-state index in [4.69, 9.17) is 4.43 Å². The van der Waals surface area contributed by atoms with E-state index in [1.807, 2.05) is 0 Å². The molecule has 0 N–H and O–H groups in total. The molecule has 18 heavy (non-hydrogen) atoms. The van der Waals surface area contributed by atoms with Crippen molar-refractivity contribution < 1.29 is 4.43 Å². The van der Waals surface area contributed by atoms with Crippen LogP contribution in [0.2, 0.25) is 0 Å². The largest absolute Gasteiger partial charge is 0.422 e. The molecule has 0 aromatic heterocycles. The monoisotopic (exact) mass is 272 g/mol. The van der Waals surface area contributed by atoms with Gasteiger partial charge < -0.3 is 4.43 Å². The lowest BCUT2D eigenvalue weighted by Crippen LogP contribution is -2.33. The highest BCUT2D eigenvalue weighted by Crippen LogP contribution is 2.32. The summed E-state index contributed by atoms with van der Waals surface area (Å²) in [4.78, 5) is 0. The van der Waals surface area contributed by atoms with E-state index in [0.29, 0.717) is 0 Å². The van der Waals surface area contributed by atoms with Crippen LogP contribution in [0.1, 0.15) is 80.1 Å². The second-order valence-electron chi connectivity index (χ2n) is 7.18. The zero-order chi connectivity index (χ0) is 14.2. The SMILES string of the molecule is CC(C)CCC(CCC(C)C)(CCC(C)C)O[SiH3]. The Balaban J connectivity index is 4.49. The van der Waals surface area contributed by atoms with Gasteiger partial charge in [0.05, 0.1) is 5.60 Å². The second kappa shape index (κ2) is 9.14. The van der Waals surface area contributed by atoms with Crippen LogP contribution in [0.15, 0.2) is 0 Å². The molecule has 110 valence electrons. The summed E-state index contributed by atoms with van der Waals surface area (Å²) in [7, 11) is 0.876. The van der Waals surface area contributed by atoms with Crippen molar-refractivity contribution in [2.45, 2.75) is 85.7 Å². The maximum Gasteiger partial charge on any atom is 0.146 e. The van der Waals surface area contributed by atoms with Crippen molar-refractivity contribution >= 4 is 10.5 Å². The predicted octanol–water partition coefficient (Wildman–Crippen LogP) is 4.33. The first-order chi connectivity index (χ1) is 8.31. The Morgan fingerprint density at radius 1 is 0.722 bits per heavy atom. The van der Waals surface area contributed by atoms with Crippen LogP contribution in [0.4, 0.5) is 0 Å². The smallest absolute Gasteiger partial charge is 0.146 e. The Morgan fingerprint density at radius 2 is 1.00 bits per heavy atom. The van der Waals surface area contributed by atoms with Crippen molar-refractivity contribution in [1.82, 2.24) is 0 Å². The van der Waals surface area contributed by atoms with Crippen molar-refractivity contribution in [3.05, 3.63) is 0 Å². The van der Waals surface area contributed by atoms with Gasteiger partial charge in [0.2, 0.25) is 0 Å². The van der Waals surface area contributed by atoms with Crippen LogP contribution >= 0.6 is 0 Å². The van der Waals surface area contributed by atoms with Gasteiger partial charge in [-0.2, -0.15) is 0 Å². The number of hydrogen-bond donors (Lipinski definition) is 0. The summed E-state index contributed by atoms with van der Waals surface area (Å²) in [6.45, 7) is 13.9. The van der Waals surface area contributed by atoms with E-state index in [0.717, 1.165) is 28.2 Å². The zero-order valence-corrected chi connectivity index (χ0v) is 15.9. The van der Waals surface area contributed by atoms with Crippen molar-refractivity contribution in [3.63, 3.8) is 0 Å². The average molecular weight is 273 g/mol. The summed E-state index contributed by atoms with van der Waals surface area (Å²) in [6, 6.07) is 0. The van der Waals surface area contributed by atoms with Crippen molar-refractivity contribution in [2.24, 2.45) is 17.8 Å². The number of rotatable bonds is 10. The van der Waals surface area contributed by atoms with Crippen molar-refractivity contribution in [2.75, 3.05) is 0 Å². The first kappa shape index (κ1) is 18.2. The van der Waals surface area contributed by atoms with Crippen LogP contribution in [-0.2, 0) is 4.43 Å². The van der Waals surface area contributed by atoms with E-state index in [1.54, 1.807) is 0 Å². The van der Waals surface area contributed by atoms with Crippen LogP contribution in [0, 0.1) is 17.8 Å². The molecule has 0 amide bonds. The molecule has 0 atom stereocenters. The lowest BCUT2D eigenvalue weighted by Gasteiger charge is -2.35. The minimum atomic E-state index is 0.199. The van der Waals surface area contributed by atoms with Gasteiger partial charge in [0.25, 0.3) is 0 Å². The topological polar surface area (TPSA) is 9.23 Å². The zero-order valence-electron chi connectivity index (χ0n) is 13.9. The minimum absolute atomic E-state index is 0.199. The highest BCUT2D eigenvalue weighted by atomic mass is 28.2. The molecule has 0 radical (unpaired) electrons. The Kier molecular flexibility index (Phi) is 9.23. The summed E-state index contributed by atoms with van der Waals surface area (Å²) in [5.41, 5.74) is 0.199. The predicted molar refractivity (Wildman–Crippen MR) is 86.0 cm³/mol. The number of hydrogen-bond acceptors (Lipinski definition) is 1. The van der Waals surface area contributed by atoms with Crippen molar-refractivity contribution in [3.8, 4) is 0 Å². The molecular weight excluding hydrogens is 236 g/mol. The van der Waals surface area contributed by atoms with Gasteiger partial charge >= 0.3 is 0 Å². The molecule has 0 saturated heterocycles. The standard InChI is InChI=1S/C16H36OSi/c1-13(2)7-10-16(17-18,11-8-14(3)4)12-9-15(5)6/h13-15H,7-12H2,1-6,18H3.